The average molecular weight is 270 g/mol. The minimum Gasteiger partial charge on any atom is -0.439 e. The molecule has 2 rings (SSSR count). The summed E-state index contributed by atoms with van der Waals surface area (Å²) >= 11 is 7.49. The second kappa shape index (κ2) is 5.12. The first-order valence-electron chi connectivity index (χ1n) is 5.14. The van der Waals surface area contributed by atoms with Crippen molar-refractivity contribution in [2.45, 2.75) is 30.1 Å². The summed E-state index contributed by atoms with van der Waals surface area (Å²) in [5, 5.41) is 10.6. The van der Waals surface area contributed by atoms with Gasteiger partial charge in [-0.15, -0.1) is 0 Å². The second-order valence-corrected chi connectivity index (χ2v) is 5.12. The molecule has 1 atom stereocenters. The lowest BCUT2D eigenvalue weighted by Crippen LogP contribution is -1.90. The van der Waals surface area contributed by atoms with Crippen LogP contribution >= 0.6 is 23.4 Å². The quantitative estimate of drug-likeness (QED) is 0.920. The Labute approximate surface area is 109 Å². The Balaban J connectivity index is 2.22. The number of oxazole rings is 1. The van der Waals surface area contributed by atoms with Crippen LogP contribution in [0.3, 0.4) is 0 Å². The number of halogens is 1. The number of aryl methyl sites for hydroxylation is 1. The molecule has 5 heteroatoms. The van der Waals surface area contributed by atoms with Crippen molar-refractivity contribution in [2.75, 3.05) is 0 Å². The third-order valence-corrected chi connectivity index (χ3v) is 3.60. The number of rotatable bonds is 3. The predicted octanol–water partition coefficient (Wildman–Crippen LogP) is 3.84. The van der Waals surface area contributed by atoms with Gasteiger partial charge in [-0.3, -0.25) is 0 Å². The number of benzene rings is 1. The third kappa shape index (κ3) is 3.03. The Bertz CT molecular complexity index is 525. The smallest absolute Gasteiger partial charge is 0.260 e. The molecule has 0 amide bonds. The number of nitrogens with zero attached hydrogens (tertiary/aromatic N) is 1. The van der Waals surface area contributed by atoms with Gasteiger partial charge in [-0.25, -0.2) is 4.98 Å². The molecule has 17 heavy (non-hydrogen) atoms. The molecule has 1 aromatic carbocycles. The van der Waals surface area contributed by atoms with E-state index in [0.717, 1.165) is 16.2 Å². The van der Waals surface area contributed by atoms with Crippen molar-refractivity contribution in [2.24, 2.45) is 0 Å². The number of aromatic nitrogens is 1. The zero-order valence-electron chi connectivity index (χ0n) is 9.48. The second-order valence-electron chi connectivity index (χ2n) is 3.72. The van der Waals surface area contributed by atoms with E-state index in [1.54, 1.807) is 19.3 Å². The highest BCUT2D eigenvalue weighted by Gasteiger charge is 2.09. The van der Waals surface area contributed by atoms with Crippen LogP contribution in [0.4, 0.5) is 0 Å². The molecule has 0 saturated carbocycles. The van der Waals surface area contributed by atoms with Gasteiger partial charge >= 0.3 is 0 Å². The maximum absolute atomic E-state index is 9.44. The molecule has 0 aliphatic rings. The summed E-state index contributed by atoms with van der Waals surface area (Å²) < 4.78 is 5.24. The first-order chi connectivity index (χ1) is 8.06. The first-order valence-corrected chi connectivity index (χ1v) is 6.33. The highest BCUT2D eigenvalue weighted by Crippen LogP contribution is 2.34. The lowest BCUT2D eigenvalue weighted by molar-refractivity contribution is 0.199. The normalized spacial score (nSPS) is 12.7. The molecule has 0 saturated heterocycles. The standard InChI is InChI=1S/C12H12ClNO2S/c1-7-6-16-12(14-7)17-11-4-3-9(8(2)15)5-10(11)13/h3-6,8,15H,1-2H3. The van der Waals surface area contributed by atoms with Crippen LogP contribution in [0.25, 0.3) is 0 Å². The van der Waals surface area contributed by atoms with Crippen LogP contribution < -0.4 is 0 Å². The highest BCUT2D eigenvalue weighted by molar-refractivity contribution is 7.99. The van der Waals surface area contributed by atoms with Crippen LogP contribution in [-0.2, 0) is 0 Å². The summed E-state index contributed by atoms with van der Waals surface area (Å²) in [4.78, 5) is 5.05. The molecule has 0 radical (unpaired) electrons. The van der Waals surface area contributed by atoms with Gasteiger partial charge in [0.25, 0.3) is 5.22 Å². The van der Waals surface area contributed by atoms with Crippen LogP contribution in [0.15, 0.2) is 39.0 Å². The van der Waals surface area contributed by atoms with Gasteiger partial charge in [0.05, 0.1) is 16.8 Å². The Morgan fingerprint density at radius 2 is 2.24 bits per heavy atom. The minimum atomic E-state index is -0.518. The Morgan fingerprint density at radius 1 is 1.47 bits per heavy atom. The maximum Gasteiger partial charge on any atom is 0.260 e. The topological polar surface area (TPSA) is 46.3 Å². The molecular weight excluding hydrogens is 258 g/mol. The third-order valence-electron chi connectivity index (χ3n) is 2.23. The lowest BCUT2D eigenvalue weighted by atomic mass is 10.1. The van der Waals surface area contributed by atoms with Gasteiger partial charge in [0.1, 0.15) is 6.26 Å². The number of aliphatic hydroxyl groups is 1. The van der Waals surface area contributed by atoms with Crippen molar-refractivity contribution in [3.8, 4) is 0 Å². The van der Waals surface area contributed by atoms with Gasteiger partial charge in [-0.05, 0) is 43.3 Å². The van der Waals surface area contributed by atoms with Crippen LogP contribution in [0.1, 0.15) is 24.3 Å². The zero-order valence-corrected chi connectivity index (χ0v) is 11.0. The number of aliphatic hydroxyl groups excluding tert-OH is 1. The minimum absolute atomic E-state index is 0.518. The van der Waals surface area contributed by atoms with Crippen LogP contribution in [0, 0.1) is 6.92 Å². The summed E-state index contributed by atoms with van der Waals surface area (Å²) in [6, 6.07) is 5.45. The fourth-order valence-corrected chi connectivity index (χ4v) is 2.40. The molecule has 1 unspecified atom stereocenters. The van der Waals surface area contributed by atoms with Gasteiger partial charge in [-0.1, -0.05) is 17.7 Å². The monoisotopic (exact) mass is 269 g/mol. The van der Waals surface area contributed by atoms with E-state index in [1.807, 2.05) is 19.1 Å². The average Bonchev–Trinajstić information content (AvgIpc) is 2.67. The molecule has 0 aliphatic heterocycles. The van der Waals surface area contributed by atoms with E-state index in [1.165, 1.54) is 11.8 Å². The SMILES string of the molecule is Cc1coc(Sc2ccc(C(C)O)cc2Cl)n1. The molecule has 0 aliphatic carbocycles. The number of hydrogen-bond acceptors (Lipinski definition) is 4. The van der Waals surface area contributed by atoms with Gasteiger partial charge < -0.3 is 9.52 Å². The Kier molecular flexibility index (Phi) is 3.76. The van der Waals surface area contributed by atoms with E-state index in [9.17, 15) is 5.11 Å². The summed E-state index contributed by atoms with van der Waals surface area (Å²) in [6.45, 7) is 3.57. The maximum atomic E-state index is 9.44. The molecule has 0 bridgehead atoms. The van der Waals surface area contributed by atoms with Crippen molar-refractivity contribution in [1.82, 2.24) is 4.98 Å². The predicted molar refractivity (Wildman–Crippen MR) is 67.4 cm³/mol. The molecule has 1 heterocycles. The van der Waals surface area contributed by atoms with Gasteiger partial charge in [-0.2, -0.15) is 0 Å². The van der Waals surface area contributed by atoms with Crippen molar-refractivity contribution in [3.05, 3.63) is 40.7 Å². The van der Waals surface area contributed by atoms with Crippen molar-refractivity contribution >= 4 is 23.4 Å². The summed E-state index contributed by atoms with van der Waals surface area (Å²) in [5.74, 6) is 0. The molecule has 90 valence electrons. The summed E-state index contributed by atoms with van der Waals surface area (Å²) in [5.41, 5.74) is 1.63. The Morgan fingerprint density at radius 3 is 2.76 bits per heavy atom. The summed E-state index contributed by atoms with van der Waals surface area (Å²) in [7, 11) is 0. The molecular formula is C12H12ClNO2S. The van der Waals surface area contributed by atoms with Gasteiger partial charge in [0, 0.05) is 4.90 Å². The first kappa shape index (κ1) is 12.5. The van der Waals surface area contributed by atoms with E-state index < -0.39 is 6.10 Å². The van der Waals surface area contributed by atoms with Crippen LogP contribution in [0.2, 0.25) is 5.02 Å². The van der Waals surface area contributed by atoms with Gasteiger partial charge in [0.15, 0.2) is 0 Å². The largest absolute Gasteiger partial charge is 0.439 e. The zero-order chi connectivity index (χ0) is 12.4. The van der Waals surface area contributed by atoms with E-state index in [0.29, 0.717) is 10.2 Å². The Hall–Kier alpha value is -0.970. The van der Waals surface area contributed by atoms with E-state index >= 15 is 0 Å². The van der Waals surface area contributed by atoms with E-state index in [-0.39, 0.29) is 0 Å². The van der Waals surface area contributed by atoms with Crippen molar-refractivity contribution in [3.63, 3.8) is 0 Å². The lowest BCUT2D eigenvalue weighted by Gasteiger charge is -2.07. The van der Waals surface area contributed by atoms with Crippen LogP contribution in [0.5, 0.6) is 0 Å². The van der Waals surface area contributed by atoms with E-state index in [2.05, 4.69) is 4.98 Å². The van der Waals surface area contributed by atoms with Crippen molar-refractivity contribution in [1.29, 1.82) is 0 Å². The fraction of sp³-hybridized carbons (Fsp3) is 0.250. The molecule has 3 nitrogen and oxygen atoms in total. The molecule has 1 N–H and O–H groups in total. The number of hydrogen-bond donors (Lipinski definition) is 1. The fourth-order valence-electron chi connectivity index (χ4n) is 1.33. The van der Waals surface area contributed by atoms with E-state index in [4.69, 9.17) is 16.0 Å². The molecule has 0 fully saturated rings. The summed E-state index contributed by atoms with van der Waals surface area (Å²) in [6.07, 6.45) is 1.08. The molecule has 2 aromatic rings. The molecule has 1 aromatic heterocycles. The van der Waals surface area contributed by atoms with Gasteiger partial charge in [0.2, 0.25) is 0 Å². The van der Waals surface area contributed by atoms with Crippen LogP contribution in [-0.4, -0.2) is 10.1 Å². The molecule has 0 spiro atoms. The van der Waals surface area contributed by atoms with Crippen molar-refractivity contribution < 1.29 is 9.52 Å². The highest BCUT2D eigenvalue weighted by atomic mass is 35.5.